The second kappa shape index (κ2) is 18.1. The minimum absolute atomic E-state index is 0.0245. The van der Waals surface area contributed by atoms with Crippen LogP contribution in [0, 0.1) is 23.2 Å². The molecule has 9 nitrogen and oxygen atoms in total. The summed E-state index contributed by atoms with van der Waals surface area (Å²) in [7, 11) is -2.68. The van der Waals surface area contributed by atoms with Gasteiger partial charge in [0, 0.05) is 41.7 Å². The molecule has 6 saturated heterocycles. The lowest BCUT2D eigenvalue weighted by atomic mass is 9.85. The smallest absolute Gasteiger partial charge is 0.350 e. The van der Waals surface area contributed by atoms with Gasteiger partial charge < -0.3 is 32.5 Å². The zero-order valence-electron chi connectivity index (χ0n) is 38.6. The molecule has 0 aliphatic carbocycles. The number of unbranched alkanes of at least 4 members (excludes halogenated alkanes) is 1. The molecule has 336 valence electrons. The average molecular weight is 879 g/mol. The number of rotatable bonds is 11. The predicted molar refractivity (Wildman–Crippen MR) is 241 cm³/mol. The summed E-state index contributed by atoms with van der Waals surface area (Å²) < 4.78 is 46.2. The molecule has 0 aromatic carbocycles. The van der Waals surface area contributed by atoms with Gasteiger partial charge in [-0.2, -0.15) is 0 Å². The van der Waals surface area contributed by atoms with Crippen molar-refractivity contribution in [1.29, 1.82) is 0 Å². The molecule has 0 bridgehead atoms. The van der Waals surface area contributed by atoms with Gasteiger partial charge in [0.1, 0.15) is 10.2 Å². The summed E-state index contributed by atoms with van der Waals surface area (Å²) >= 11 is 3.67. The normalized spacial score (nSPS) is 36.2. The van der Waals surface area contributed by atoms with E-state index in [1.165, 1.54) is 0 Å². The van der Waals surface area contributed by atoms with Gasteiger partial charge in [0.05, 0.1) is 43.0 Å². The van der Waals surface area contributed by atoms with Gasteiger partial charge in [0.25, 0.3) is 0 Å². The Morgan fingerprint density at radius 1 is 0.949 bits per heavy atom. The predicted octanol–water partition coefficient (Wildman–Crippen LogP) is 11.1. The van der Waals surface area contributed by atoms with Gasteiger partial charge in [-0.25, -0.2) is 0 Å². The first-order chi connectivity index (χ1) is 27.5. The second-order valence-electron chi connectivity index (χ2n) is 21.8. The molecule has 0 saturated carbocycles. The van der Waals surface area contributed by atoms with E-state index in [2.05, 4.69) is 81.0 Å². The minimum atomic E-state index is -2.68. The van der Waals surface area contributed by atoms with Crippen LogP contribution in [0.15, 0.2) is 24.3 Å². The highest BCUT2D eigenvalue weighted by Gasteiger charge is 2.63. The number of hydrogen-bond donors (Lipinski definition) is 0. The van der Waals surface area contributed by atoms with Crippen LogP contribution >= 0.6 is 23.5 Å². The Balaban J connectivity index is 1.07. The summed E-state index contributed by atoms with van der Waals surface area (Å²) in [6, 6.07) is 0. The van der Waals surface area contributed by atoms with Gasteiger partial charge in [0.2, 0.25) is 0 Å². The van der Waals surface area contributed by atoms with Crippen LogP contribution in [0.1, 0.15) is 154 Å². The van der Waals surface area contributed by atoms with Crippen LogP contribution in [-0.2, 0) is 42.1 Å². The molecule has 6 rings (SSSR count). The van der Waals surface area contributed by atoms with Crippen molar-refractivity contribution in [3.05, 3.63) is 24.3 Å². The molecular formula is C47H78O9S2Si. The van der Waals surface area contributed by atoms with E-state index in [1.54, 1.807) is 0 Å². The Morgan fingerprint density at radius 2 is 1.64 bits per heavy atom. The van der Waals surface area contributed by atoms with Crippen LogP contribution in [-0.4, -0.2) is 91.2 Å². The highest BCUT2D eigenvalue weighted by atomic mass is 32.2. The van der Waals surface area contributed by atoms with Crippen molar-refractivity contribution < 1.29 is 42.1 Å². The van der Waals surface area contributed by atoms with Gasteiger partial charge in [-0.05, 0) is 94.6 Å². The molecule has 10 atom stereocenters. The zero-order valence-corrected chi connectivity index (χ0v) is 41.2. The van der Waals surface area contributed by atoms with E-state index in [4.69, 9.17) is 32.5 Å². The molecule has 6 heterocycles. The van der Waals surface area contributed by atoms with Crippen molar-refractivity contribution in [2.75, 3.05) is 24.7 Å². The molecule has 0 N–H and O–H groups in total. The summed E-state index contributed by atoms with van der Waals surface area (Å²) in [5.41, 5.74) is 0.521. The van der Waals surface area contributed by atoms with Crippen LogP contribution in [0.2, 0.25) is 10.1 Å². The van der Waals surface area contributed by atoms with Gasteiger partial charge in [0.15, 0.2) is 17.4 Å². The maximum absolute atomic E-state index is 15.0. The molecule has 59 heavy (non-hydrogen) atoms. The summed E-state index contributed by atoms with van der Waals surface area (Å²) in [6.45, 7) is 31.3. The van der Waals surface area contributed by atoms with Crippen LogP contribution in [0.25, 0.3) is 0 Å². The quantitative estimate of drug-likeness (QED) is 0.0858. The van der Waals surface area contributed by atoms with Gasteiger partial charge in [-0.15, -0.1) is 23.5 Å². The van der Waals surface area contributed by atoms with Crippen molar-refractivity contribution in [3.8, 4) is 0 Å². The Kier molecular flexibility index (Phi) is 14.6. The minimum Gasteiger partial charge on any atom is -0.465 e. The number of ether oxygens (including phenoxy) is 5. The number of esters is 1. The average Bonchev–Trinajstić information content (AvgIpc) is 3.72. The molecule has 0 unspecified atom stereocenters. The van der Waals surface area contributed by atoms with E-state index in [0.717, 1.165) is 81.3 Å². The van der Waals surface area contributed by atoms with Crippen molar-refractivity contribution in [2.24, 2.45) is 23.2 Å². The van der Waals surface area contributed by atoms with Gasteiger partial charge in [-0.3, -0.25) is 9.59 Å². The maximum Gasteiger partial charge on any atom is 0.350 e. The van der Waals surface area contributed by atoms with E-state index in [9.17, 15) is 4.79 Å². The first-order valence-corrected chi connectivity index (χ1v) is 26.6. The molecule has 0 aromatic rings. The molecule has 0 aromatic heterocycles. The summed E-state index contributed by atoms with van der Waals surface area (Å²) in [5.74, 6) is 0.958. The third kappa shape index (κ3) is 9.86. The summed E-state index contributed by atoms with van der Waals surface area (Å²) in [5, 5.41) is -0.229. The summed E-state index contributed by atoms with van der Waals surface area (Å²) in [4.78, 5) is 27.1. The number of carbonyl (C=O) groups is 2. The number of hydrogen-bond acceptors (Lipinski definition) is 11. The Labute approximate surface area is 366 Å². The van der Waals surface area contributed by atoms with Crippen molar-refractivity contribution in [2.45, 2.75) is 210 Å². The van der Waals surface area contributed by atoms with E-state index in [1.807, 2.05) is 44.3 Å². The fourth-order valence-electron chi connectivity index (χ4n) is 10.8. The van der Waals surface area contributed by atoms with E-state index in [0.29, 0.717) is 19.6 Å². The highest BCUT2D eigenvalue weighted by molar-refractivity contribution is 8.20. The van der Waals surface area contributed by atoms with Crippen LogP contribution < -0.4 is 0 Å². The van der Waals surface area contributed by atoms with E-state index < -0.39 is 35.7 Å². The fraction of sp³-hybridized carbons (Fsp3) is 0.872. The molecule has 0 radical (unpaired) electrons. The van der Waals surface area contributed by atoms with Gasteiger partial charge in [-0.1, -0.05) is 81.0 Å². The maximum atomic E-state index is 15.0. The van der Waals surface area contributed by atoms with Crippen molar-refractivity contribution >= 4 is 43.8 Å². The molecular weight excluding hydrogens is 801 g/mol. The van der Waals surface area contributed by atoms with Crippen LogP contribution in [0.3, 0.4) is 0 Å². The lowest BCUT2D eigenvalue weighted by Gasteiger charge is -2.54. The Bertz CT molecular complexity index is 1530. The first-order valence-electron chi connectivity index (χ1n) is 22.8. The standard InChI is InChI=1S/C47H78O9S2Si/c1-31(39-32(2)30-51-59(55-39,43(8,9)10)44(11,12)13)27-34(4)47(57-25-18-26-58-47)40(48)38-29-37-36(52-38)28-33(3)46(54-37)23-22-45(56-46)21-17-20-35(53-45)19-15-14-16-24-50-41(49)42(5,6)7/h15,19,31,33-39H,2,14,16-18,20-30H2,1,3-13H3/b19-15+/t31-,33+,34+,35+,36+,37+,38-,39-,45-,46+/m0/s1. The van der Waals surface area contributed by atoms with Crippen molar-refractivity contribution in [3.63, 3.8) is 0 Å². The second-order valence-corrected chi connectivity index (χ2v) is 29.5. The largest absolute Gasteiger partial charge is 0.465 e. The number of carbonyl (C=O) groups excluding carboxylic acids is 2. The zero-order chi connectivity index (χ0) is 43.2. The first kappa shape index (κ1) is 47.8. The molecule has 6 fully saturated rings. The van der Waals surface area contributed by atoms with Gasteiger partial charge >= 0.3 is 14.5 Å². The third-order valence-electron chi connectivity index (χ3n) is 13.8. The Hall–Kier alpha value is -0.703. The molecule has 12 heteroatoms. The Morgan fingerprint density at radius 3 is 2.31 bits per heavy atom. The topological polar surface area (TPSA) is 98.8 Å². The van der Waals surface area contributed by atoms with E-state index in [-0.39, 0.29) is 64.0 Å². The SMILES string of the molecule is C=C1CO[Si](C(C)(C)C)(C(C)(C)C)O[C@H]1[C@@H](C)C[C@@H](C)C1(C(=O)[C@@H]2C[C@H]3O[C@@]4(CC[C@]5(CCC[C@@H](/C=C/CCCOC(=O)C(C)(C)C)O5)O4)[C@H](C)C[C@H]3O2)SCCCS1. The van der Waals surface area contributed by atoms with Crippen molar-refractivity contribution in [1.82, 2.24) is 0 Å². The summed E-state index contributed by atoms with van der Waals surface area (Å²) in [6.07, 6.45) is 12.6. The number of allylic oxidation sites excluding steroid dienone is 1. The third-order valence-corrected chi connectivity index (χ3v) is 22.6. The van der Waals surface area contributed by atoms with Crippen LogP contribution in [0.4, 0.5) is 0 Å². The molecule has 0 amide bonds. The molecule has 2 spiro atoms. The monoisotopic (exact) mass is 878 g/mol. The lowest BCUT2D eigenvalue weighted by molar-refractivity contribution is -0.373. The highest BCUT2D eigenvalue weighted by Crippen LogP contribution is 2.58. The molecule has 6 aliphatic heterocycles. The molecule has 6 aliphatic rings. The lowest BCUT2D eigenvalue weighted by Crippen LogP contribution is -2.63. The number of Topliss-reactive ketones (excluding diaryl/α,β-unsaturated/α-hetero) is 1. The number of ketones is 1. The van der Waals surface area contributed by atoms with E-state index >= 15 is 4.79 Å². The fourth-order valence-corrected chi connectivity index (χ4v) is 19.3. The number of thioether (sulfide) groups is 2. The van der Waals surface area contributed by atoms with Crippen LogP contribution in [0.5, 0.6) is 0 Å². The number of fused-ring (bicyclic) bond motifs is 1.